The van der Waals surface area contributed by atoms with Gasteiger partial charge >= 0.3 is 5.30 Å². The van der Waals surface area contributed by atoms with Crippen LogP contribution in [0.4, 0.5) is 4.79 Å². The summed E-state index contributed by atoms with van der Waals surface area (Å²) in [6.45, 7) is 0.169. The predicted octanol–water partition coefficient (Wildman–Crippen LogP) is 4.30. The number of carbonyl (C=O) groups excluding carboxylic acids is 2. The zero-order valence-electron chi connectivity index (χ0n) is 11.3. The van der Waals surface area contributed by atoms with E-state index in [1.54, 1.807) is 6.08 Å². The van der Waals surface area contributed by atoms with Crippen molar-refractivity contribution in [1.82, 2.24) is 0 Å². The number of hydrogen-bond donors (Lipinski definition) is 0. The molecule has 0 aromatic heterocycles. The summed E-state index contributed by atoms with van der Waals surface area (Å²) in [5.74, 6) is 0. The minimum atomic E-state index is -0.596. The van der Waals surface area contributed by atoms with E-state index in [0.717, 1.165) is 11.1 Å². The molecule has 4 heteroatoms. The van der Waals surface area contributed by atoms with E-state index in [2.05, 4.69) is 0 Å². The molecule has 0 aliphatic carbocycles. The molecule has 0 aliphatic rings. The van der Waals surface area contributed by atoms with E-state index >= 15 is 0 Å². The molecule has 0 amide bonds. The van der Waals surface area contributed by atoms with E-state index < -0.39 is 5.30 Å². The van der Waals surface area contributed by atoms with Crippen molar-refractivity contribution in [1.29, 1.82) is 0 Å². The maximum absolute atomic E-state index is 11.6. The highest BCUT2D eigenvalue weighted by molar-refractivity contribution is 8.26. The van der Waals surface area contributed by atoms with Crippen molar-refractivity contribution < 1.29 is 14.3 Å². The normalized spacial score (nSPS) is 10.5. The van der Waals surface area contributed by atoms with Crippen LogP contribution in [0.2, 0.25) is 0 Å². The Morgan fingerprint density at radius 1 is 0.952 bits per heavy atom. The molecule has 0 bridgehead atoms. The van der Waals surface area contributed by atoms with Crippen LogP contribution < -0.4 is 0 Å². The largest absolute Gasteiger partial charge is 0.452 e. The minimum Gasteiger partial charge on any atom is -0.452 e. The van der Waals surface area contributed by atoms with Crippen LogP contribution in [0, 0.1) is 0 Å². The highest BCUT2D eigenvalue weighted by Crippen LogP contribution is 2.12. The Morgan fingerprint density at radius 2 is 1.57 bits per heavy atom. The van der Waals surface area contributed by atoms with Crippen molar-refractivity contribution in [3.63, 3.8) is 0 Å². The van der Waals surface area contributed by atoms with Gasteiger partial charge in [-0.05, 0) is 17.2 Å². The fourth-order valence-corrected chi connectivity index (χ4v) is 2.01. The van der Waals surface area contributed by atoms with Crippen molar-refractivity contribution in [2.45, 2.75) is 6.61 Å². The summed E-state index contributed by atoms with van der Waals surface area (Å²) in [6.07, 6.45) is 3.03. The van der Waals surface area contributed by atoms with Gasteiger partial charge in [0.05, 0.1) is 0 Å². The monoisotopic (exact) mass is 298 g/mol. The second kappa shape index (κ2) is 8.07. The van der Waals surface area contributed by atoms with E-state index in [0.29, 0.717) is 11.8 Å². The molecule has 0 spiro atoms. The molecule has 0 radical (unpaired) electrons. The fraction of sp³-hybridized carbons (Fsp3) is 0.0588. The van der Waals surface area contributed by atoms with Gasteiger partial charge in [-0.3, -0.25) is 4.79 Å². The molecule has 0 fully saturated rings. The number of ether oxygens (including phenoxy) is 1. The van der Waals surface area contributed by atoms with E-state index in [4.69, 9.17) is 4.74 Å². The summed E-state index contributed by atoms with van der Waals surface area (Å²) >= 11 is 0.551. The van der Waals surface area contributed by atoms with Gasteiger partial charge in [-0.25, -0.2) is 4.79 Å². The first-order valence-electron chi connectivity index (χ1n) is 6.39. The van der Waals surface area contributed by atoms with Gasteiger partial charge in [0.15, 0.2) is 0 Å². The fourth-order valence-electron chi connectivity index (χ4n) is 1.59. The summed E-state index contributed by atoms with van der Waals surface area (Å²) < 4.78 is 5.02. The van der Waals surface area contributed by atoms with Crippen molar-refractivity contribution >= 4 is 28.3 Å². The van der Waals surface area contributed by atoms with Crippen LogP contribution in [0.1, 0.15) is 11.1 Å². The zero-order chi connectivity index (χ0) is 14.9. The molecule has 0 aliphatic heterocycles. The number of thioether (sulfide) groups is 1. The molecule has 21 heavy (non-hydrogen) atoms. The lowest BCUT2D eigenvalue weighted by molar-refractivity contribution is -0.106. The lowest BCUT2D eigenvalue weighted by Gasteiger charge is -2.02. The Balaban J connectivity index is 1.77. The smallest absolute Gasteiger partial charge is 0.375 e. The summed E-state index contributed by atoms with van der Waals surface area (Å²) in [4.78, 5) is 23.1. The van der Waals surface area contributed by atoms with Gasteiger partial charge in [0.2, 0.25) is 5.12 Å². The average molecular weight is 298 g/mol. The van der Waals surface area contributed by atoms with Crippen LogP contribution in [0.25, 0.3) is 6.08 Å². The Morgan fingerprint density at radius 3 is 2.24 bits per heavy atom. The maximum atomic E-state index is 11.6. The van der Waals surface area contributed by atoms with Gasteiger partial charge in [0.25, 0.3) is 0 Å². The summed E-state index contributed by atoms with van der Waals surface area (Å²) in [5, 5.41) is -0.946. The molecule has 0 N–H and O–H groups in total. The average Bonchev–Trinajstić information content (AvgIpc) is 2.53. The van der Waals surface area contributed by atoms with Crippen molar-refractivity contribution in [3.8, 4) is 0 Å². The first kappa shape index (κ1) is 15.1. The SMILES string of the molecule is O=C(C=Cc1ccccc1)SC(=O)OCc1ccccc1. The van der Waals surface area contributed by atoms with Crippen LogP contribution in [0.3, 0.4) is 0 Å². The number of rotatable bonds is 4. The molecule has 0 saturated carbocycles. The minimum absolute atomic E-state index is 0.169. The van der Waals surface area contributed by atoms with Crippen LogP contribution in [0.5, 0.6) is 0 Å². The number of benzene rings is 2. The summed E-state index contributed by atoms with van der Waals surface area (Å²) in [5.41, 5.74) is 1.79. The first-order valence-corrected chi connectivity index (χ1v) is 7.21. The predicted molar refractivity (Wildman–Crippen MR) is 84.7 cm³/mol. The third-order valence-electron chi connectivity index (χ3n) is 2.59. The van der Waals surface area contributed by atoms with Gasteiger partial charge in [-0.2, -0.15) is 0 Å². The topological polar surface area (TPSA) is 43.4 Å². The van der Waals surface area contributed by atoms with Gasteiger partial charge in [-0.15, -0.1) is 0 Å². The van der Waals surface area contributed by atoms with E-state index in [1.807, 2.05) is 60.7 Å². The van der Waals surface area contributed by atoms with Gasteiger partial charge < -0.3 is 4.74 Å². The highest BCUT2D eigenvalue weighted by atomic mass is 32.2. The van der Waals surface area contributed by atoms with Crippen LogP contribution in [-0.4, -0.2) is 10.4 Å². The maximum Gasteiger partial charge on any atom is 0.375 e. The van der Waals surface area contributed by atoms with Crippen LogP contribution in [0.15, 0.2) is 66.7 Å². The second-order valence-corrected chi connectivity index (χ2v) is 5.13. The molecule has 2 aromatic carbocycles. The zero-order valence-corrected chi connectivity index (χ0v) is 12.1. The molecule has 0 atom stereocenters. The Bertz CT molecular complexity index is 621. The molecule has 3 nitrogen and oxygen atoms in total. The lowest BCUT2D eigenvalue weighted by Crippen LogP contribution is -2.01. The van der Waals surface area contributed by atoms with E-state index in [1.165, 1.54) is 6.08 Å². The van der Waals surface area contributed by atoms with Crippen molar-refractivity contribution in [2.24, 2.45) is 0 Å². The molecule has 0 saturated heterocycles. The molecule has 2 rings (SSSR count). The standard InChI is InChI=1S/C17H14O3S/c18-16(12-11-14-7-3-1-4-8-14)21-17(19)20-13-15-9-5-2-6-10-15/h1-12H,13H2. The Kier molecular flexibility index (Phi) is 5.79. The molecule has 0 unspecified atom stereocenters. The Labute approximate surface area is 127 Å². The molecule has 2 aromatic rings. The van der Waals surface area contributed by atoms with Crippen molar-refractivity contribution in [3.05, 3.63) is 77.9 Å². The lowest BCUT2D eigenvalue weighted by atomic mass is 10.2. The third kappa shape index (κ3) is 5.67. The third-order valence-corrected chi connectivity index (χ3v) is 3.22. The summed E-state index contributed by atoms with van der Waals surface area (Å²) in [6, 6.07) is 18.7. The quantitative estimate of drug-likeness (QED) is 0.623. The second-order valence-electron chi connectivity index (χ2n) is 4.19. The highest BCUT2D eigenvalue weighted by Gasteiger charge is 2.09. The van der Waals surface area contributed by atoms with E-state index in [-0.39, 0.29) is 11.7 Å². The Hall–Kier alpha value is -2.33. The first-order chi connectivity index (χ1) is 10.2. The van der Waals surface area contributed by atoms with Crippen molar-refractivity contribution in [2.75, 3.05) is 0 Å². The molecular weight excluding hydrogens is 284 g/mol. The van der Waals surface area contributed by atoms with Crippen LogP contribution in [-0.2, 0) is 16.1 Å². The van der Waals surface area contributed by atoms with Gasteiger partial charge in [0, 0.05) is 11.8 Å². The van der Waals surface area contributed by atoms with Gasteiger partial charge in [0.1, 0.15) is 6.61 Å². The molecule has 0 heterocycles. The number of hydrogen-bond acceptors (Lipinski definition) is 4. The van der Waals surface area contributed by atoms with Crippen LogP contribution >= 0.6 is 11.8 Å². The summed E-state index contributed by atoms with van der Waals surface area (Å²) in [7, 11) is 0. The number of carbonyl (C=O) groups is 2. The molecular formula is C17H14O3S. The molecule has 106 valence electrons. The van der Waals surface area contributed by atoms with E-state index in [9.17, 15) is 9.59 Å². The van der Waals surface area contributed by atoms with Gasteiger partial charge in [-0.1, -0.05) is 66.7 Å².